The Morgan fingerprint density at radius 2 is 1.56 bits per heavy atom. The molecule has 0 atom stereocenters. The number of fused-ring (bicyclic) bond motifs is 1. The molecule has 0 N–H and O–H groups in total. The van der Waals surface area contributed by atoms with Crippen molar-refractivity contribution in [1.82, 2.24) is 15.0 Å². The smallest absolute Gasteiger partial charge is 0.303 e. The first-order valence-electron chi connectivity index (χ1n) is 12.7. The highest BCUT2D eigenvalue weighted by atomic mass is 19.1. The molecule has 1 heterocycles. The van der Waals surface area contributed by atoms with Crippen LogP contribution in [0.4, 0.5) is 4.39 Å². The molecule has 0 saturated carbocycles. The van der Waals surface area contributed by atoms with Gasteiger partial charge < -0.3 is 9.53 Å². The van der Waals surface area contributed by atoms with Crippen molar-refractivity contribution >= 4 is 23.8 Å². The minimum Gasteiger partial charge on any atom is -0.460 e. The van der Waals surface area contributed by atoms with E-state index in [1.54, 1.807) is 13.0 Å². The molecule has 6 nitrogen and oxygen atoms in total. The molecule has 0 unspecified atom stereocenters. The zero-order valence-corrected chi connectivity index (χ0v) is 23.5. The van der Waals surface area contributed by atoms with E-state index in [0.717, 1.165) is 47.8 Å². The Labute approximate surface area is 216 Å². The molecule has 2 aromatic carbocycles. The molecule has 0 bridgehead atoms. The molecule has 0 aliphatic carbocycles. The van der Waals surface area contributed by atoms with E-state index in [1.807, 2.05) is 65.7 Å². The van der Waals surface area contributed by atoms with Crippen molar-refractivity contribution in [2.75, 3.05) is 0 Å². The summed E-state index contributed by atoms with van der Waals surface area (Å²) in [5, 5.41) is 8.74. The summed E-state index contributed by atoms with van der Waals surface area (Å²) in [4.78, 5) is 18.2. The highest BCUT2D eigenvalue weighted by Crippen LogP contribution is 2.28. The highest BCUT2D eigenvalue weighted by molar-refractivity contribution is 5.81. The summed E-state index contributed by atoms with van der Waals surface area (Å²) < 4.78 is 20.7. The number of aryl methyl sites for hydroxylation is 1. The van der Waals surface area contributed by atoms with Crippen LogP contribution in [-0.4, -0.2) is 33.4 Å². The summed E-state index contributed by atoms with van der Waals surface area (Å²) >= 11 is 0. The Hall–Kier alpha value is -3.09. The SMILES string of the molecule is C=O.CC.CC(=O)OC(C)(C)C.CCCC(CCC)n1nnc2cc(-c3ccc(C)c(F)c3)ccc21. The Morgan fingerprint density at radius 1 is 1.03 bits per heavy atom. The average Bonchev–Trinajstić information content (AvgIpc) is 3.25. The predicted octanol–water partition coefficient (Wildman–Crippen LogP) is 7.88. The quantitative estimate of drug-likeness (QED) is 0.321. The van der Waals surface area contributed by atoms with Crippen LogP contribution >= 0.6 is 0 Å². The normalized spacial score (nSPS) is 10.4. The number of ether oxygens (including phenoxy) is 1. The molecular weight excluding hydrogens is 457 g/mol. The first-order valence-corrected chi connectivity index (χ1v) is 12.7. The van der Waals surface area contributed by atoms with Crippen LogP contribution in [-0.2, 0) is 14.3 Å². The van der Waals surface area contributed by atoms with Crippen LogP contribution in [0.1, 0.15) is 92.7 Å². The maximum Gasteiger partial charge on any atom is 0.303 e. The van der Waals surface area contributed by atoms with Gasteiger partial charge in [0.1, 0.15) is 23.7 Å². The lowest BCUT2D eigenvalue weighted by Crippen LogP contribution is -2.21. The van der Waals surface area contributed by atoms with E-state index in [-0.39, 0.29) is 17.4 Å². The van der Waals surface area contributed by atoms with Crippen LogP contribution < -0.4 is 0 Å². The third-order valence-corrected chi connectivity index (χ3v) is 5.02. The molecule has 0 aliphatic rings. The molecule has 3 aromatic rings. The van der Waals surface area contributed by atoms with E-state index < -0.39 is 0 Å². The first-order chi connectivity index (χ1) is 17.1. The Balaban J connectivity index is 0.000000866. The molecule has 0 aliphatic heterocycles. The predicted molar refractivity (Wildman–Crippen MR) is 146 cm³/mol. The monoisotopic (exact) mass is 501 g/mol. The maximum atomic E-state index is 13.8. The van der Waals surface area contributed by atoms with Crippen molar-refractivity contribution in [3.8, 4) is 11.1 Å². The van der Waals surface area contributed by atoms with Gasteiger partial charge in [0, 0.05) is 6.92 Å². The van der Waals surface area contributed by atoms with Gasteiger partial charge in [-0.05, 0) is 75.4 Å². The molecule has 0 radical (unpaired) electrons. The third kappa shape index (κ3) is 10.7. The van der Waals surface area contributed by atoms with E-state index in [4.69, 9.17) is 9.53 Å². The second-order valence-electron chi connectivity index (χ2n) is 9.14. The molecule has 0 amide bonds. The number of halogens is 1. The molecular formula is C29H44FN3O3. The van der Waals surface area contributed by atoms with Crippen LogP contribution in [0.3, 0.4) is 0 Å². The Morgan fingerprint density at radius 3 is 2.00 bits per heavy atom. The summed E-state index contributed by atoms with van der Waals surface area (Å²) in [7, 11) is 0. The fourth-order valence-electron chi connectivity index (χ4n) is 3.65. The fraction of sp³-hybridized carbons (Fsp3) is 0.517. The van der Waals surface area contributed by atoms with Gasteiger partial charge in [0.15, 0.2) is 0 Å². The number of hydrogen-bond donors (Lipinski definition) is 0. The number of carbonyl (C=O) groups excluding carboxylic acids is 2. The number of carbonyl (C=O) groups is 2. The summed E-state index contributed by atoms with van der Waals surface area (Å²) in [5.74, 6) is -0.403. The van der Waals surface area contributed by atoms with Crippen molar-refractivity contribution < 1.29 is 18.7 Å². The van der Waals surface area contributed by atoms with Gasteiger partial charge in [-0.2, -0.15) is 0 Å². The maximum absolute atomic E-state index is 13.8. The topological polar surface area (TPSA) is 74.1 Å². The standard InChI is InChI=1S/C20H24FN3.C6H12O2.C2H6.CH2O/c1-4-6-17(7-5-2)24-20-11-10-16(13-19(20)22-23-24)15-9-8-14(3)18(21)12-15;1-5(7)8-6(2,3)4;2*1-2/h8-13,17H,4-7H2,1-3H3;1-4H3;1-2H3;1H2. The lowest BCUT2D eigenvalue weighted by molar-refractivity contribution is -0.151. The van der Waals surface area contributed by atoms with E-state index in [9.17, 15) is 9.18 Å². The molecule has 200 valence electrons. The zero-order chi connectivity index (χ0) is 27.9. The molecule has 0 fully saturated rings. The van der Waals surface area contributed by atoms with Crippen molar-refractivity contribution in [2.45, 2.75) is 99.6 Å². The van der Waals surface area contributed by atoms with Gasteiger partial charge >= 0.3 is 5.97 Å². The number of aromatic nitrogens is 3. The largest absolute Gasteiger partial charge is 0.460 e. The minimum atomic E-state index is -0.328. The van der Waals surface area contributed by atoms with Crippen LogP contribution in [0.25, 0.3) is 22.2 Å². The van der Waals surface area contributed by atoms with Gasteiger partial charge in [-0.15, -0.1) is 5.10 Å². The number of rotatable bonds is 6. The number of nitrogens with zero attached hydrogens (tertiary/aromatic N) is 3. The van der Waals surface area contributed by atoms with Crippen LogP contribution in [0.5, 0.6) is 0 Å². The average molecular weight is 502 g/mol. The number of benzene rings is 2. The fourth-order valence-corrected chi connectivity index (χ4v) is 3.65. The van der Waals surface area contributed by atoms with Gasteiger partial charge in [0.25, 0.3) is 0 Å². The van der Waals surface area contributed by atoms with Crippen molar-refractivity contribution in [2.24, 2.45) is 0 Å². The van der Waals surface area contributed by atoms with Crippen molar-refractivity contribution in [3.05, 3.63) is 47.8 Å². The second-order valence-corrected chi connectivity index (χ2v) is 9.14. The molecule has 3 rings (SSSR count). The van der Waals surface area contributed by atoms with E-state index in [2.05, 4.69) is 34.9 Å². The lowest BCUT2D eigenvalue weighted by Gasteiger charge is -2.17. The molecule has 1 aromatic heterocycles. The summed E-state index contributed by atoms with van der Waals surface area (Å²) in [6.45, 7) is 19.1. The number of hydrogen-bond acceptors (Lipinski definition) is 5. The number of esters is 1. The Bertz CT molecular complexity index is 1050. The van der Waals surface area contributed by atoms with E-state index in [1.165, 1.54) is 6.92 Å². The van der Waals surface area contributed by atoms with E-state index in [0.29, 0.717) is 11.6 Å². The molecule has 0 saturated heterocycles. The van der Waals surface area contributed by atoms with Crippen LogP contribution in [0.15, 0.2) is 36.4 Å². The van der Waals surface area contributed by atoms with Crippen LogP contribution in [0.2, 0.25) is 0 Å². The van der Waals surface area contributed by atoms with E-state index >= 15 is 0 Å². The zero-order valence-electron chi connectivity index (χ0n) is 23.5. The highest BCUT2D eigenvalue weighted by Gasteiger charge is 2.15. The molecule has 36 heavy (non-hydrogen) atoms. The van der Waals surface area contributed by atoms with Gasteiger partial charge in [0.05, 0.1) is 11.6 Å². The van der Waals surface area contributed by atoms with Gasteiger partial charge in [-0.25, -0.2) is 9.07 Å². The lowest BCUT2D eigenvalue weighted by atomic mass is 10.0. The summed E-state index contributed by atoms with van der Waals surface area (Å²) in [6.07, 6.45) is 4.48. The Kier molecular flexibility index (Phi) is 15.1. The summed E-state index contributed by atoms with van der Waals surface area (Å²) in [5.41, 5.74) is 4.09. The molecule has 0 spiro atoms. The van der Waals surface area contributed by atoms with Gasteiger partial charge in [-0.1, -0.05) is 63.9 Å². The van der Waals surface area contributed by atoms with Crippen molar-refractivity contribution in [1.29, 1.82) is 0 Å². The first kappa shape index (κ1) is 32.9. The second kappa shape index (κ2) is 16.6. The summed E-state index contributed by atoms with van der Waals surface area (Å²) in [6, 6.07) is 11.8. The van der Waals surface area contributed by atoms with Gasteiger partial charge in [-0.3, -0.25) is 4.79 Å². The van der Waals surface area contributed by atoms with Crippen molar-refractivity contribution in [3.63, 3.8) is 0 Å². The van der Waals surface area contributed by atoms with Gasteiger partial charge in [0.2, 0.25) is 0 Å². The van der Waals surface area contributed by atoms with Crippen LogP contribution in [0, 0.1) is 12.7 Å². The third-order valence-electron chi connectivity index (χ3n) is 5.02. The molecule has 7 heteroatoms. The minimum absolute atomic E-state index is 0.179.